The second kappa shape index (κ2) is 11.0. The fraction of sp³-hybridized carbons (Fsp3) is 0.125. The first kappa shape index (κ1) is 22.8. The number of amides is 4. The van der Waals surface area contributed by atoms with Crippen LogP contribution in [0.4, 0.5) is 16.2 Å². The van der Waals surface area contributed by atoms with E-state index in [1.807, 2.05) is 30.3 Å². The maximum Gasteiger partial charge on any atom is 0.321 e. The van der Waals surface area contributed by atoms with Crippen molar-refractivity contribution in [1.82, 2.24) is 10.6 Å². The second-order valence-corrected chi connectivity index (χ2v) is 7.50. The van der Waals surface area contributed by atoms with Crippen LogP contribution in [0.15, 0.2) is 78.9 Å². The molecule has 0 aliphatic rings. The maximum absolute atomic E-state index is 12.3. The van der Waals surface area contributed by atoms with Crippen LogP contribution in [-0.2, 0) is 11.3 Å². The summed E-state index contributed by atoms with van der Waals surface area (Å²) in [5.41, 5.74) is 2.70. The molecule has 0 spiro atoms. The third-order valence-corrected chi connectivity index (χ3v) is 4.81. The summed E-state index contributed by atoms with van der Waals surface area (Å²) in [6.45, 7) is 1.97. The third kappa shape index (κ3) is 6.85. The molecule has 0 saturated heterocycles. The predicted molar refractivity (Wildman–Crippen MR) is 126 cm³/mol. The van der Waals surface area contributed by atoms with Gasteiger partial charge >= 0.3 is 6.03 Å². The molecular formula is C24H23ClN4O3. The number of nitrogens with one attached hydrogen (secondary N) is 4. The highest BCUT2D eigenvalue weighted by atomic mass is 35.5. The summed E-state index contributed by atoms with van der Waals surface area (Å²) >= 11 is 5.84. The molecule has 0 radical (unpaired) electrons. The number of benzene rings is 3. The Labute approximate surface area is 191 Å². The number of halogens is 1. The van der Waals surface area contributed by atoms with Gasteiger partial charge in [0, 0.05) is 28.5 Å². The predicted octanol–water partition coefficient (Wildman–Crippen LogP) is 4.42. The van der Waals surface area contributed by atoms with Crippen LogP contribution < -0.4 is 21.3 Å². The van der Waals surface area contributed by atoms with E-state index >= 15 is 0 Å². The van der Waals surface area contributed by atoms with Crippen molar-refractivity contribution in [2.24, 2.45) is 0 Å². The van der Waals surface area contributed by atoms with E-state index in [2.05, 4.69) is 21.3 Å². The lowest BCUT2D eigenvalue weighted by atomic mass is 10.2. The summed E-state index contributed by atoms with van der Waals surface area (Å²) in [4.78, 5) is 36.5. The lowest BCUT2D eigenvalue weighted by Crippen LogP contribution is -2.45. The SMILES string of the molecule is CC(Nc1ccc(NC(=O)c2ccc(Cl)cc2)cc1)C(=O)NC(=O)NCc1ccccc1. The van der Waals surface area contributed by atoms with Crippen LogP contribution >= 0.6 is 11.6 Å². The Kier molecular flexibility index (Phi) is 7.83. The van der Waals surface area contributed by atoms with Gasteiger partial charge in [0.1, 0.15) is 6.04 Å². The molecule has 0 aromatic heterocycles. The molecule has 4 N–H and O–H groups in total. The molecule has 1 unspecified atom stereocenters. The molecule has 32 heavy (non-hydrogen) atoms. The minimum atomic E-state index is -0.646. The summed E-state index contributed by atoms with van der Waals surface area (Å²) < 4.78 is 0. The van der Waals surface area contributed by atoms with Gasteiger partial charge in [0.05, 0.1) is 0 Å². The Bertz CT molecular complexity index is 1070. The Morgan fingerprint density at radius 2 is 1.47 bits per heavy atom. The summed E-state index contributed by atoms with van der Waals surface area (Å²) in [5.74, 6) is -0.715. The van der Waals surface area contributed by atoms with Gasteiger partial charge in [-0.2, -0.15) is 0 Å². The molecule has 8 heteroatoms. The molecule has 0 bridgehead atoms. The molecule has 3 aromatic carbocycles. The second-order valence-electron chi connectivity index (χ2n) is 7.06. The van der Waals surface area contributed by atoms with Gasteiger partial charge in [-0.1, -0.05) is 41.9 Å². The number of hydrogen-bond acceptors (Lipinski definition) is 4. The number of urea groups is 1. The third-order valence-electron chi connectivity index (χ3n) is 4.56. The van der Waals surface area contributed by atoms with Crippen LogP contribution in [-0.4, -0.2) is 23.9 Å². The Morgan fingerprint density at radius 3 is 2.12 bits per heavy atom. The van der Waals surface area contributed by atoms with Crippen molar-refractivity contribution in [2.75, 3.05) is 10.6 Å². The van der Waals surface area contributed by atoms with E-state index in [1.54, 1.807) is 55.5 Å². The molecule has 0 saturated carbocycles. The highest BCUT2D eigenvalue weighted by Gasteiger charge is 2.15. The van der Waals surface area contributed by atoms with Crippen LogP contribution in [0.1, 0.15) is 22.8 Å². The van der Waals surface area contributed by atoms with E-state index < -0.39 is 18.0 Å². The normalized spacial score (nSPS) is 11.2. The number of rotatable bonds is 7. The first-order chi connectivity index (χ1) is 15.4. The number of imide groups is 1. The fourth-order valence-electron chi connectivity index (χ4n) is 2.81. The number of carbonyl (C=O) groups excluding carboxylic acids is 3. The van der Waals surface area contributed by atoms with Crippen molar-refractivity contribution in [3.63, 3.8) is 0 Å². The minimum Gasteiger partial charge on any atom is -0.374 e. The quantitative estimate of drug-likeness (QED) is 0.428. The first-order valence-electron chi connectivity index (χ1n) is 9.97. The van der Waals surface area contributed by atoms with E-state index in [0.717, 1.165) is 5.56 Å². The van der Waals surface area contributed by atoms with Gasteiger partial charge in [0.25, 0.3) is 5.91 Å². The molecule has 1 atom stereocenters. The largest absolute Gasteiger partial charge is 0.374 e. The molecule has 0 heterocycles. The van der Waals surface area contributed by atoms with Gasteiger partial charge < -0.3 is 16.0 Å². The van der Waals surface area contributed by atoms with Gasteiger partial charge in [-0.15, -0.1) is 0 Å². The average Bonchev–Trinajstić information content (AvgIpc) is 2.80. The Morgan fingerprint density at radius 1 is 0.844 bits per heavy atom. The zero-order chi connectivity index (χ0) is 22.9. The monoisotopic (exact) mass is 450 g/mol. The van der Waals surface area contributed by atoms with Gasteiger partial charge in [0.2, 0.25) is 5.91 Å². The zero-order valence-corrected chi connectivity index (χ0v) is 18.1. The van der Waals surface area contributed by atoms with E-state index in [-0.39, 0.29) is 5.91 Å². The molecule has 0 aliphatic heterocycles. The number of anilines is 2. The van der Waals surface area contributed by atoms with Crippen molar-refractivity contribution in [1.29, 1.82) is 0 Å². The first-order valence-corrected chi connectivity index (χ1v) is 10.3. The molecule has 164 valence electrons. The topological polar surface area (TPSA) is 99.3 Å². The van der Waals surface area contributed by atoms with E-state index in [0.29, 0.717) is 28.5 Å². The van der Waals surface area contributed by atoms with Gasteiger partial charge in [-0.05, 0) is 61.0 Å². The van der Waals surface area contributed by atoms with Crippen LogP contribution in [0.25, 0.3) is 0 Å². The molecule has 0 fully saturated rings. The van der Waals surface area contributed by atoms with Crippen molar-refractivity contribution in [3.8, 4) is 0 Å². The number of hydrogen-bond donors (Lipinski definition) is 4. The molecule has 3 rings (SSSR count). The van der Waals surface area contributed by atoms with Crippen molar-refractivity contribution < 1.29 is 14.4 Å². The highest BCUT2D eigenvalue weighted by molar-refractivity contribution is 6.30. The lowest BCUT2D eigenvalue weighted by Gasteiger charge is -2.15. The molecule has 4 amide bonds. The van der Waals surface area contributed by atoms with Crippen LogP contribution in [0, 0.1) is 0 Å². The van der Waals surface area contributed by atoms with Gasteiger partial charge in [-0.3, -0.25) is 14.9 Å². The maximum atomic E-state index is 12.3. The summed E-state index contributed by atoms with van der Waals surface area (Å²) in [5, 5.41) is 11.3. The Hall–Kier alpha value is -3.84. The smallest absolute Gasteiger partial charge is 0.321 e. The van der Waals surface area contributed by atoms with Crippen LogP contribution in [0.5, 0.6) is 0 Å². The van der Waals surface area contributed by atoms with Crippen LogP contribution in [0.2, 0.25) is 5.02 Å². The van der Waals surface area contributed by atoms with E-state index in [1.165, 1.54) is 0 Å². The summed E-state index contributed by atoms with van der Waals surface area (Å²) in [6, 6.07) is 21.7. The Balaban J connectivity index is 1.46. The molecule has 0 aliphatic carbocycles. The van der Waals surface area contributed by atoms with Gasteiger partial charge in [0.15, 0.2) is 0 Å². The lowest BCUT2D eigenvalue weighted by molar-refractivity contribution is -0.120. The summed E-state index contributed by atoms with van der Waals surface area (Å²) in [6.07, 6.45) is 0. The average molecular weight is 451 g/mol. The van der Waals surface area contributed by atoms with Gasteiger partial charge in [-0.25, -0.2) is 4.79 Å². The zero-order valence-electron chi connectivity index (χ0n) is 17.4. The van der Waals surface area contributed by atoms with Crippen molar-refractivity contribution >= 4 is 40.8 Å². The standard InChI is InChI=1S/C24H23ClN4O3/c1-16(22(30)29-24(32)26-15-17-5-3-2-4-6-17)27-20-11-13-21(14-12-20)28-23(31)18-7-9-19(25)10-8-18/h2-14,16,27H,15H2,1H3,(H,28,31)(H2,26,29,30,32). The summed E-state index contributed by atoms with van der Waals surface area (Å²) in [7, 11) is 0. The molecule has 7 nitrogen and oxygen atoms in total. The highest BCUT2D eigenvalue weighted by Crippen LogP contribution is 2.16. The molecular weight excluding hydrogens is 428 g/mol. The minimum absolute atomic E-state index is 0.253. The fourth-order valence-corrected chi connectivity index (χ4v) is 2.94. The molecule has 3 aromatic rings. The number of carbonyl (C=O) groups is 3. The van der Waals surface area contributed by atoms with Crippen molar-refractivity contribution in [2.45, 2.75) is 19.5 Å². The van der Waals surface area contributed by atoms with Crippen molar-refractivity contribution in [3.05, 3.63) is 95.0 Å². The van der Waals surface area contributed by atoms with E-state index in [4.69, 9.17) is 11.6 Å². The van der Waals surface area contributed by atoms with Crippen LogP contribution in [0.3, 0.4) is 0 Å². The van der Waals surface area contributed by atoms with E-state index in [9.17, 15) is 14.4 Å².